The van der Waals surface area contributed by atoms with E-state index in [2.05, 4.69) is 85.7 Å². The van der Waals surface area contributed by atoms with Crippen molar-refractivity contribution >= 4 is 13.2 Å². The van der Waals surface area contributed by atoms with Crippen LogP contribution in [0.2, 0.25) is 0 Å². The Morgan fingerprint density at radius 2 is 1.40 bits per heavy atom. The second-order valence-electron chi connectivity index (χ2n) is 14.3. The fourth-order valence-corrected chi connectivity index (χ4v) is 13.0. The molecule has 40 heavy (non-hydrogen) atoms. The lowest BCUT2D eigenvalue weighted by molar-refractivity contribution is -0.181. The summed E-state index contributed by atoms with van der Waals surface area (Å²) in [5, 5.41) is 1.73. The van der Waals surface area contributed by atoms with E-state index in [9.17, 15) is 0 Å². The lowest BCUT2D eigenvalue weighted by Gasteiger charge is -2.59. The van der Waals surface area contributed by atoms with Crippen LogP contribution in [0.5, 0.6) is 5.75 Å². The molecule has 0 amide bonds. The van der Waals surface area contributed by atoms with Crippen LogP contribution in [0.15, 0.2) is 30.3 Å². The van der Waals surface area contributed by atoms with Gasteiger partial charge in [0.05, 0.1) is 20.3 Å². The van der Waals surface area contributed by atoms with Gasteiger partial charge < -0.3 is 14.2 Å². The molecule has 1 unspecified atom stereocenters. The van der Waals surface area contributed by atoms with Crippen LogP contribution in [-0.2, 0) is 9.47 Å². The van der Waals surface area contributed by atoms with Gasteiger partial charge in [0.2, 0.25) is 0 Å². The van der Waals surface area contributed by atoms with Crippen molar-refractivity contribution in [3.05, 3.63) is 47.0 Å². The number of benzene rings is 2. The number of methoxy groups -OCH3 is 1. The van der Waals surface area contributed by atoms with Gasteiger partial charge in [-0.3, -0.25) is 0 Å². The molecule has 2 aromatic carbocycles. The topological polar surface area (TPSA) is 27.7 Å². The Bertz CT molecular complexity index is 1170. The van der Waals surface area contributed by atoms with E-state index in [1.807, 2.05) is 7.11 Å². The maximum Gasteiger partial charge on any atom is 0.170 e. The Balaban J connectivity index is 1.81. The number of hydrogen-bond donors (Lipinski definition) is 0. The van der Waals surface area contributed by atoms with Crippen LogP contribution in [0, 0.1) is 0 Å². The second kappa shape index (κ2) is 11.3. The highest BCUT2D eigenvalue weighted by Crippen LogP contribution is 2.73. The molecule has 0 radical (unpaired) electrons. The normalized spacial score (nSPS) is 23.6. The number of ether oxygens (including phenoxy) is 3. The molecule has 2 saturated heterocycles. The first kappa shape index (κ1) is 30.1. The quantitative estimate of drug-likeness (QED) is 0.327. The van der Waals surface area contributed by atoms with E-state index in [1.165, 1.54) is 65.2 Å². The number of rotatable bonds is 6. The van der Waals surface area contributed by atoms with Gasteiger partial charge >= 0.3 is 0 Å². The van der Waals surface area contributed by atoms with Crippen molar-refractivity contribution < 1.29 is 14.2 Å². The monoisotopic (exact) mass is 564 g/mol. The zero-order valence-electron chi connectivity index (χ0n) is 26.7. The van der Waals surface area contributed by atoms with E-state index in [0.29, 0.717) is 17.8 Å². The predicted octanol–water partition coefficient (Wildman–Crippen LogP) is 9.86. The van der Waals surface area contributed by atoms with Gasteiger partial charge in [0, 0.05) is 23.3 Å². The highest BCUT2D eigenvalue weighted by atomic mass is 31.1. The van der Waals surface area contributed by atoms with Crippen LogP contribution in [0.3, 0.4) is 0 Å². The minimum atomic E-state index is -0.594. The van der Waals surface area contributed by atoms with E-state index in [4.69, 9.17) is 14.2 Å². The maximum absolute atomic E-state index is 6.49. The minimum Gasteiger partial charge on any atom is -0.496 e. The smallest absolute Gasteiger partial charge is 0.170 e. The first-order valence-corrected chi connectivity index (χ1v) is 17.2. The Labute approximate surface area is 245 Å². The molecule has 1 aliphatic carbocycles. The molecule has 2 spiro atoms. The molecule has 1 atom stereocenters. The summed E-state index contributed by atoms with van der Waals surface area (Å²) in [6.07, 6.45) is 8.42. The third-order valence-electron chi connectivity index (χ3n) is 9.82. The third-order valence-corrected chi connectivity index (χ3v) is 13.7. The molecule has 5 rings (SSSR count). The molecule has 0 bridgehead atoms. The van der Waals surface area contributed by atoms with Gasteiger partial charge in [-0.2, -0.15) is 0 Å². The van der Waals surface area contributed by atoms with E-state index < -0.39 is 13.7 Å². The molecular formula is C36H53O3P. The molecule has 3 aliphatic rings. The van der Waals surface area contributed by atoms with Gasteiger partial charge in [0.15, 0.2) is 5.79 Å². The Morgan fingerprint density at radius 3 is 1.93 bits per heavy atom. The van der Waals surface area contributed by atoms with E-state index in [0.717, 1.165) is 31.8 Å². The first-order valence-electron chi connectivity index (χ1n) is 15.9. The summed E-state index contributed by atoms with van der Waals surface area (Å²) in [5.41, 5.74) is 7.28. The predicted molar refractivity (Wildman–Crippen MR) is 171 cm³/mol. The number of hydrogen-bond acceptors (Lipinski definition) is 3. The van der Waals surface area contributed by atoms with Crippen LogP contribution in [0.4, 0.5) is 0 Å². The van der Waals surface area contributed by atoms with Crippen LogP contribution in [0.25, 0.3) is 11.1 Å². The van der Waals surface area contributed by atoms with Gasteiger partial charge in [-0.05, 0) is 69.6 Å². The first-order chi connectivity index (χ1) is 18.9. The summed E-state index contributed by atoms with van der Waals surface area (Å²) in [4.78, 5) is 0. The van der Waals surface area contributed by atoms with Crippen molar-refractivity contribution in [2.24, 2.45) is 0 Å². The molecule has 0 aromatic heterocycles. The van der Waals surface area contributed by atoms with Gasteiger partial charge in [-0.15, -0.1) is 0 Å². The van der Waals surface area contributed by atoms with E-state index in [-0.39, 0.29) is 10.3 Å². The highest BCUT2D eigenvalue weighted by Gasteiger charge is 2.61. The largest absolute Gasteiger partial charge is 0.496 e. The Morgan fingerprint density at radius 1 is 0.800 bits per heavy atom. The van der Waals surface area contributed by atoms with Gasteiger partial charge in [0.1, 0.15) is 5.75 Å². The SMILES string of the molecule is COc1cccc(-c2c(C(C)C)cc(C(C)C)cc2C(C)C)c1P1C(C)(C)CC2(CC13CCCCC3)OCCO2. The highest BCUT2D eigenvalue weighted by molar-refractivity contribution is 7.69. The molecule has 4 heteroatoms. The fourth-order valence-electron chi connectivity index (χ4n) is 8.26. The van der Waals surface area contributed by atoms with Crippen molar-refractivity contribution in [3.8, 4) is 16.9 Å². The third kappa shape index (κ3) is 5.29. The molecular weight excluding hydrogens is 511 g/mol. The Hall–Kier alpha value is -1.41. The van der Waals surface area contributed by atoms with Gasteiger partial charge in [0.25, 0.3) is 0 Å². The zero-order valence-corrected chi connectivity index (χ0v) is 27.5. The molecule has 0 N–H and O–H groups in total. The summed E-state index contributed by atoms with van der Waals surface area (Å²) >= 11 is 0. The summed E-state index contributed by atoms with van der Waals surface area (Å²) in [5.74, 6) is 2.02. The van der Waals surface area contributed by atoms with Crippen LogP contribution < -0.4 is 10.0 Å². The lowest BCUT2D eigenvalue weighted by Crippen LogP contribution is -2.55. The summed E-state index contributed by atoms with van der Waals surface area (Å²) in [6, 6.07) is 11.9. The second-order valence-corrected chi connectivity index (χ2v) is 17.6. The zero-order chi connectivity index (χ0) is 28.9. The summed E-state index contributed by atoms with van der Waals surface area (Å²) < 4.78 is 19.3. The minimum absolute atomic E-state index is 0.0481. The fraction of sp³-hybridized carbons (Fsp3) is 0.667. The van der Waals surface area contributed by atoms with Crippen LogP contribution in [0.1, 0.15) is 135 Å². The van der Waals surface area contributed by atoms with E-state index >= 15 is 0 Å². The average Bonchev–Trinajstić information content (AvgIpc) is 3.33. The van der Waals surface area contributed by atoms with E-state index in [1.54, 1.807) is 0 Å². The lowest BCUT2D eigenvalue weighted by atomic mass is 9.80. The average molecular weight is 565 g/mol. The van der Waals surface area contributed by atoms with Gasteiger partial charge in [-0.1, -0.05) is 107 Å². The molecule has 220 valence electrons. The molecule has 2 aromatic rings. The molecule has 3 fully saturated rings. The van der Waals surface area contributed by atoms with Crippen molar-refractivity contribution in [2.75, 3.05) is 20.3 Å². The van der Waals surface area contributed by atoms with Crippen LogP contribution in [-0.4, -0.2) is 36.4 Å². The molecule has 2 heterocycles. The summed E-state index contributed by atoms with van der Waals surface area (Å²) in [7, 11) is 1.28. The summed E-state index contributed by atoms with van der Waals surface area (Å²) in [6.45, 7) is 20.6. The van der Waals surface area contributed by atoms with Crippen LogP contribution >= 0.6 is 7.92 Å². The standard InChI is InChI=1S/C36H53O3P/c1-24(2)27-20-29(25(3)4)32(30(21-27)26(5)6)28-14-13-15-31(37-9)33(28)40-34(7,8)22-36(38-18-19-39-36)23-35(40)16-11-10-12-17-35/h13-15,20-21,24-26H,10-12,16-19,22-23H2,1-9H3. The molecule has 3 nitrogen and oxygen atoms in total. The molecule has 2 aliphatic heterocycles. The maximum atomic E-state index is 6.49. The van der Waals surface area contributed by atoms with Gasteiger partial charge in [-0.25, -0.2) is 0 Å². The Kier molecular flexibility index (Phi) is 8.53. The molecule has 1 saturated carbocycles. The van der Waals surface area contributed by atoms with Crippen molar-refractivity contribution in [2.45, 2.75) is 134 Å². The van der Waals surface area contributed by atoms with Crippen molar-refractivity contribution in [1.29, 1.82) is 0 Å². The van der Waals surface area contributed by atoms with Crippen molar-refractivity contribution in [3.63, 3.8) is 0 Å². The van der Waals surface area contributed by atoms with Crippen molar-refractivity contribution in [1.82, 2.24) is 0 Å².